The average Bonchev–Trinajstić information content (AvgIpc) is 3.12. The van der Waals surface area contributed by atoms with Crippen LogP contribution in [0, 0.1) is 17.7 Å². The van der Waals surface area contributed by atoms with Gasteiger partial charge >= 0.3 is 5.97 Å². The van der Waals surface area contributed by atoms with E-state index in [0.29, 0.717) is 6.42 Å². The highest BCUT2D eigenvalue weighted by atomic mass is 35.5. The summed E-state index contributed by atoms with van der Waals surface area (Å²) in [5.74, 6) is -3.09. The molecule has 108 valence electrons. The van der Waals surface area contributed by atoms with Gasteiger partial charge in [0, 0.05) is 5.56 Å². The molecule has 0 bridgehead atoms. The summed E-state index contributed by atoms with van der Waals surface area (Å²) in [5.41, 5.74) is -0.691. The van der Waals surface area contributed by atoms with Gasteiger partial charge < -0.3 is 10.4 Å². The van der Waals surface area contributed by atoms with E-state index >= 15 is 0 Å². The SMILES string of the molecule is CC(C)(NC(=O)C1CC1C(=O)O)c1cccc(Cl)c1F. The number of aliphatic carboxylic acids is 1. The monoisotopic (exact) mass is 299 g/mol. The van der Waals surface area contributed by atoms with Crippen LogP contribution < -0.4 is 5.32 Å². The number of nitrogens with one attached hydrogen (secondary N) is 1. The summed E-state index contributed by atoms with van der Waals surface area (Å²) in [6.07, 6.45) is 0.329. The lowest BCUT2D eigenvalue weighted by Gasteiger charge is -2.27. The Morgan fingerprint density at radius 1 is 1.40 bits per heavy atom. The molecule has 2 N–H and O–H groups in total. The van der Waals surface area contributed by atoms with E-state index in [1.54, 1.807) is 26.0 Å². The number of carboxylic acid groups (broad SMARTS) is 1. The molecule has 0 saturated heterocycles. The van der Waals surface area contributed by atoms with Crippen molar-refractivity contribution in [1.29, 1.82) is 0 Å². The molecule has 0 aromatic heterocycles. The molecule has 1 aromatic carbocycles. The summed E-state index contributed by atoms with van der Waals surface area (Å²) in [6.45, 7) is 3.30. The number of carboxylic acids is 1. The van der Waals surface area contributed by atoms with E-state index in [4.69, 9.17) is 16.7 Å². The first-order valence-electron chi connectivity index (χ1n) is 6.23. The third-order valence-corrected chi connectivity index (χ3v) is 3.80. The van der Waals surface area contributed by atoms with Gasteiger partial charge in [0.2, 0.25) is 5.91 Å². The average molecular weight is 300 g/mol. The van der Waals surface area contributed by atoms with E-state index in [-0.39, 0.29) is 16.5 Å². The Balaban J connectivity index is 2.13. The molecule has 20 heavy (non-hydrogen) atoms. The highest BCUT2D eigenvalue weighted by Crippen LogP contribution is 2.39. The van der Waals surface area contributed by atoms with Crippen molar-refractivity contribution < 1.29 is 19.1 Å². The van der Waals surface area contributed by atoms with Crippen molar-refractivity contribution in [2.45, 2.75) is 25.8 Å². The number of rotatable bonds is 4. The second-order valence-electron chi connectivity index (χ2n) is 5.50. The first-order valence-corrected chi connectivity index (χ1v) is 6.61. The number of hydrogen-bond acceptors (Lipinski definition) is 2. The van der Waals surface area contributed by atoms with Crippen LogP contribution in [0.25, 0.3) is 0 Å². The van der Waals surface area contributed by atoms with Crippen molar-refractivity contribution in [3.8, 4) is 0 Å². The van der Waals surface area contributed by atoms with Crippen molar-refractivity contribution in [1.82, 2.24) is 5.32 Å². The van der Waals surface area contributed by atoms with Crippen LogP contribution in [0.15, 0.2) is 18.2 Å². The van der Waals surface area contributed by atoms with Gasteiger partial charge in [0.15, 0.2) is 0 Å². The maximum Gasteiger partial charge on any atom is 0.307 e. The molecule has 1 saturated carbocycles. The summed E-state index contributed by atoms with van der Waals surface area (Å²) in [7, 11) is 0. The second-order valence-corrected chi connectivity index (χ2v) is 5.91. The van der Waals surface area contributed by atoms with E-state index in [9.17, 15) is 14.0 Å². The summed E-state index contributed by atoms with van der Waals surface area (Å²) in [6, 6.07) is 4.58. The van der Waals surface area contributed by atoms with E-state index < -0.39 is 29.2 Å². The summed E-state index contributed by atoms with van der Waals surface area (Å²) < 4.78 is 14.0. The minimum atomic E-state index is -0.975. The van der Waals surface area contributed by atoms with Crippen LogP contribution in [0.3, 0.4) is 0 Å². The summed E-state index contributed by atoms with van der Waals surface area (Å²) in [5, 5.41) is 11.5. The number of carbonyl (C=O) groups excluding carboxylic acids is 1. The minimum absolute atomic E-state index is 0.0142. The van der Waals surface area contributed by atoms with Crippen LogP contribution >= 0.6 is 11.6 Å². The van der Waals surface area contributed by atoms with Gasteiger partial charge in [0.05, 0.1) is 22.4 Å². The lowest BCUT2D eigenvalue weighted by molar-refractivity contribution is -0.140. The normalized spacial score (nSPS) is 21.4. The molecule has 1 aliphatic carbocycles. The minimum Gasteiger partial charge on any atom is -0.481 e. The predicted molar refractivity (Wildman–Crippen MR) is 71.8 cm³/mol. The van der Waals surface area contributed by atoms with Crippen LogP contribution in [0.5, 0.6) is 0 Å². The van der Waals surface area contributed by atoms with Crippen LogP contribution in [-0.2, 0) is 15.1 Å². The fourth-order valence-corrected chi connectivity index (χ4v) is 2.39. The first kappa shape index (κ1) is 14.8. The topological polar surface area (TPSA) is 66.4 Å². The summed E-state index contributed by atoms with van der Waals surface area (Å²) >= 11 is 5.73. The Labute approximate surface area is 120 Å². The zero-order chi connectivity index (χ0) is 15.1. The molecular formula is C14H15ClFNO3. The maximum absolute atomic E-state index is 14.0. The van der Waals surface area contributed by atoms with Gasteiger partial charge in [-0.3, -0.25) is 9.59 Å². The third-order valence-electron chi connectivity index (χ3n) is 3.51. The van der Waals surface area contributed by atoms with E-state index in [2.05, 4.69) is 5.32 Å². The molecule has 2 unspecified atom stereocenters. The Bertz CT molecular complexity index is 574. The Kier molecular flexibility index (Phi) is 3.73. The highest BCUT2D eigenvalue weighted by molar-refractivity contribution is 6.30. The Morgan fingerprint density at radius 2 is 2.05 bits per heavy atom. The van der Waals surface area contributed by atoms with Crippen LogP contribution in [0.1, 0.15) is 25.8 Å². The smallest absolute Gasteiger partial charge is 0.307 e. The van der Waals surface area contributed by atoms with Crippen LogP contribution in [-0.4, -0.2) is 17.0 Å². The van der Waals surface area contributed by atoms with Gasteiger partial charge in [-0.25, -0.2) is 4.39 Å². The molecule has 6 heteroatoms. The van der Waals surface area contributed by atoms with Gasteiger partial charge in [0.1, 0.15) is 5.82 Å². The fraction of sp³-hybridized carbons (Fsp3) is 0.429. The molecule has 1 fully saturated rings. The first-order chi connectivity index (χ1) is 9.24. The number of hydrogen-bond donors (Lipinski definition) is 2. The molecule has 1 amide bonds. The van der Waals surface area contributed by atoms with Crippen LogP contribution in [0.4, 0.5) is 4.39 Å². The number of amides is 1. The molecule has 0 heterocycles. The zero-order valence-electron chi connectivity index (χ0n) is 11.1. The lowest BCUT2D eigenvalue weighted by atomic mass is 9.93. The second kappa shape index (κ2) is 5.05. The largest absolute Gasteiger partial charge is 0.481 e. The molecule has 1 aromatic rings. The maximum atomic E-state index is 14.0. The van der Waals surface area contributed by atoms with E-state index in [0.717, 1.165) is 0 Å². The zero-order valence-corrected chi connectivity index (χ0v) is 11.9. The van der Waals surface area contributed by atoms with Crippen molar-refractivity contribution in [3.63, 3.8) is 0 Å². The Hall–Kier alpha value is -1.62. The van der Waals surface area contributed by atoms with Crippen molar-refractivity contribution in [2.24, 2.45) is 11.8 Å². The number of halogens is 2. The quantitative estimate of drug-likeness (QED) is 0.898. The van der Waals surface area contributed by atoms with E-state index in [1.165, 1.54) is 6.07 Å². The van der Waals surface area contributed by atoms with Crippen molar-refractivity contribution in [2.75, 3.05) is 0 Å². The van der Waals surface area contributed by atoms with Gasteiger partial charge in [-0.15, -0.1) is 0 Å². The molecule has 1 aliphatic rings. The number of carbonyl (C=O) groups is 2. The molecule has 0 aliphatic heterocycles. The molecular weight excluding hydrogens is 285 g/mol. The fourth-order valence-electron chi connectivity index (χ4n) is 2.21. The molecule has 2 rings (SSSR count). The lowest BCUT2D eigenvalue weighted by Crippen LogP contribution is -2.42. The number of benzene rings is 1. The van der Waals surface area contributed by atoms with Gasteiger partial charge in [-0.1, -0.05) is 23.7 Å². The van der Waals surface area contributed by atoms with Gasteiger partial charge in [-0.05, 0) is 26.3 Å². The van der Waals surface area contributed by atoms with Crippen molar-refractivity contribution >= 4 is 23.5 Å². The Morgan fingerprint density at radius 3 is 2.60 bits per heavy atom. The van der Waals surface area contributed by atoms with Gasteiger partial charge in [-0.2, -0.15) is 0 Å². The molecule has 2 atom stereocenters. The molecule has 0 spiro atoms. The molecule has 4 nitrogen and oxygen atoms in total. The standard InChI is InChI=1S/C14H15ClFNO3/c1-14(2,9-4-3-5-10(15)11(9)16)17-12(18)7-6-8(7)13(19)20/h3-5,7-8H,6H2,1-2H3,(H,17,18)(H,19,20). The van der Waals surface area contributed by atoms with Crippen LogP contribution in [0.2, 0.25) is 5.02 Å². The highest BCUT2D eigenvalue weighted by Gasteiger charge is 2.49. The van der Waals surface area contributed by atoms with Gasteiger partial charge in [0.25, 0.3) is 0 Å². The third kappa shape index (κ3) is 2.77. The van der Waals surface area contributed by atoms with E-state index in [1.807, 2.05) is 0 Å². The molecule has 0 radical (unpaired) electrons. The van der Waals surface area contributed by atoms with Crippen molar-refractivity contribution in [3.05, 3.63) is 34.6 Å². The summed E-state index contributed by atoms with van der Waals surface area (Å²) in [4.78, 5) is 22.7. The predicted octanol–water partition coefficient (Wildman–Crippen LogP) is 2.55.